The van der Waals surface area contributed by atoms with E-state index in [9.17, 15) is 0 Å². The van der Waals surface area contributed by atoms with Crippen molar-refractivity contribution >= 4 is 22.6 Å². The first-order valence-corrected chi connectivity index (χ1v) is 5.45. The molecule has 0 amide bonds. The standard InChI is InChI=1S/C14H9ClO/c15-12-6-7-13-11(8-12)9-14(16-13)10-4-2-1-3-5-10/h1-9H. The highest BCUT2D eigenvalue weighted by Gasteiger charge is 2.05. The van der Waals surface area contributed by atoms with Crippen LogP contribution in [0.2, 0.25) is 5.02 Å². The van der Waals surface area contributed by atoms with Crippen molar-refractivity contribution in [2.24, 2.45) is 0 Å². The number of halogens is 1. The summed E-state index contributed by atoms with van der Waals surface area (Å²) in [6.45, 7) is 0. The summed E-state index contributed by atoms with van der Waals surface area (Å²) in [7, 11) is 0. The quantitative estimate of drug-likeness (QED) is 0.586. The van der Waals surface area contributed by atoms with Crippen molar-refractivity contribution in [1.29, 1.82) is 0 Å². The lowest BCUT2D eigenvalue weighted by molar-refractivity contribution is 0.631. The van der Waals surface area contributed by atoms with E-state index in [0.717, 1.165) is 27.3 Å². The van der Waals surface area contributed by atoms with Gasteiger partial charge in [-0.1, -0.05) is 41.9 Å². The van der Waals surface area contributed by atoms with Crippen molar-refractivity contribution in [3.8, 4) is 11.3 Å². The Bertz CT molecular complexity index is 626. The van der Waals surface area contributed by atoms with E-state index in [-0.39, 0.29) is 0 Å². The molecule has 1 aromatic heterocycles. The molecule has 2 heteroatoms. The first kappa shape index (κ1) is 9.49. The highest BCUT2D eigenvalue weighted by Crippen LogP contribution is 2.29. The van der Waals surface area contributed by atoms with Crippen LogP contribution in [0, 0.1) is 0 Å². The SMILES string of the molecule is Clc1ccc2oc(-c3ccccc3)cc2c1. The van der Waals surface area contributed by atoms with Crippen LogP contribution in [0.15, 0.2) is 59.0 Å². The topological polar surface area (TPSA) is 13.1 Å². The smallest absolute Gasteiger partial charge is 0.135 e. The van der Waals surface area contributed by atoms with Crippen LogP contribution in [0.25, 0.3) is 22.3 Å². The average molecular weight is 229 g/mol. The zero-order valence-corrected chi connectivity index (χ0v) is 9.24. The number of fused-ring (bicyclic) bond motifs is 1. The molecule has 0 aliphatic rings. The molecular weight excluding hydrogens is 220 g/mol. The molecule has 0 aliphatic carbocycles. The predicted molar refractivity (Wildman–Crippen MR) is 66.7 cm³/mol. The molecular formula is C14H9ClO. The molecule has 0 atom stereocenters. The van der Waals surface area contributed by atoms with E-state index in [1.165, 1.54) is 0 Å². The molecule has 0 radical (unpaired) electrons. The van der Waals surface area contributed by atoms with Crippen molar-refractivity contribution in [1.82, 2.24) is 0 Å². The summed E-state index contributed by atoms with van der Waals surface area (Å²) in [5.74, 6) is 0.873. The number of hydrogen-bond acceptors (Lipinski definition) is 1. The summed E-state index contributed by atoms with van der Waals surface area (Å²) >= 11 is 5.93. The Balaban J connectivity index is 2.19. The summed E-state index contributed by atoms with van der Waals surface area (Å²) in [5.41, 5.74) is 1.94. The summed E-state index contributed by atoms with van der Waals surface area (Å²) in [6, 6.07) is 17.7. The van der Waals surface area contributed by atoms with Crippen LogP contribution < -0.4 is 0 Å². The second-order valence-corrected chi connectivity index (χ2v) is 4.10. The first-order valence-electron chi connectivity index (χ1n) is 5.07. The van der Waals surface area contributed by atoms with Gasteiger partial charge in [-0.15, -0.1) is 0 Å². The molecule has 1 heterocycles. The van der Waals surface area contributed by atoms with Gasteiger partial charge in [0.05, 0.1) is 0 Å². The maximum Gasteiger partial charge on any atom is 0.135 e. The zero-order chi connectivity index (χ0) is 11.0. The highest BCUT2D eigenvalue weighted by atomic mass is 35.5. The van der Waals surface area contributed by atoms with E-state index in [0.29, 0.717) is 0 Å². The molecule has 3 rings (SSSR count). The molecule has 0 N–H and O–H groups in total. The Labute approximate surface area is 98.3 Å². The van der Waals surface area contributed by atoms with Crippen LogP contribution in [0.1, 0.15) is 0 Å². The number of hydrogen-bond donors (Lipinski definition) is 0. The molecule has 0 bridgehead atoms. The van der Waals surface area contributed by atoms with E-state index >= 15 is 0 Å². The molecule has 16 heavy (non-hydrogen) atoms. The predicted octanol–water partition coefficient (Wildman–Crippen LogP) is 4.75. The van der Waals surface area contributed by atoms with Gasteiger partial charge in [-0.3, -0.25) is 0 Å². The van der Waals surface area contributed by atoms with Crippen molar-refractivity contribution in [2.75, 3.05) is 0 Å². The second kappa shape index (κ2) is 3.69. The third-order valence-corrected chi connectivity index (χ3v) is 2.77. The fraction of sp³-hybridized carbons (Fsp3) is 0. The van der Waals surface area contributed by atoms with E-state index in [1.807, 2.05) is 54.6 Å². The summed E-state index contributed by atoms with van der Waals surface area (Å²) in [4.78, 5) is 0. The van der Waals surface area contributed by atoms with Gasteiger partial charge in [0.15, 0.2) is 0 Å². The molecule has 0 spiro atoms. The van der Waals surface area contributed by atoms with Gasteiger partial charge >= 0.3 is 0 Å². The minimum atomic E-state index is 0.730. The molecule has 3 aromatic rings. The minimum Gasteiger partial charge on any atom is -0.456 e. The van der Waals surface area contributed by atoms with Gasteiger partial charge in [0.2, 0.25) is 0 Å². The largest absolute Gasteiger partial charge is 0.456 e. The van der Waals surface area contributed by atoms with Gasteiger partial charge in [-0.2, -0.15) is 0 Å². The van der Waals surface area contributed by atoms with Gasteiger partial charge in [0.1, 0.15) is 11.3 Å². The van der Waals surface area contributed by atoms with Gasteiger partial charge in [-0.25, -0.2) is 0 Å². The maximum atomic E-state index is 5.93. The zero-order valence-electron chi connectivity index (χ0n) is 8.48. The average Bonchev–Trinajstić information content (AvgIpc) is 2.73. The molecule has 0 saturated heterocycles. The van der Waals surface area contributed by atoms with E-state index in [2.05, 4.69) is 0 Å². The molecule has 0 saturated carbocycles. The van der Waals surface area contributed by atoms with Crippen molar-refractivity contribution in [3.05, 3.63) is 59.6 Å². The van der Waals surface area contributed by atoms with Crippen LogP contribution >= 0.6 is 11.6 Å². The van der Waals surface area contributed by atoms with Gasteiger partial charge in [-0.05, 0) is 24.3 Å². The Kier molecular flexibility index (Phi) is 2.19. The summed E-state index contributed by atoms with van der Waals surface area (Å²) in [5, 5.41) is 1.76. The number of rotatable bonds is 1. The van der Waals surface area contributed by atoms with Gasteiger partial charge in [0, 0.05) is 16.0 Å². The molecule has 78 valence electrons. The Morgan fingerprint density at radius 3 is 2.50 bits per heavy atom. The van der Waals surface area contributed by atoms with Crippen LogP contribution in [0.3, 0.4) is 0 Å². The van der Waals surface area contributed by atoms with E-state index in [4.69, 9.17) is 16.0 Å². The fourth-order valence-corrected chi connectivity index (χ4v) is 1.94. The first-order chi connectivity index (χ1) is 7.83. The highest BCUT2D eigenvalue weighted by molar-refractivity contribution is 6.31. The Morgan fingerprint density at radius 2 is 1.69 bits per heavy atom. The number of benzene rings is 2. The second-order valence-electron chi connectivity index (χ2n) is 3.66. The lowest BCUT2D eigenvalue weighted by Gasteiger charge is -1.93. The molecule has 0 unspecified atom stereocenters. The van der Waals surface area contributed by atoms with E-state index < -0.39 is 0 Å². The third kappa shape index (κ3) is 1.59. The Morgan fingerprint density at radius 1 is 0.875 bits per heavy atom. The monoisotopic (exact) mass is 228 g/mol. The van der Waals surface area contributed by atoms with Crippen LogP contribution in [0.5, 0.6) is 0 Å². The van der Waals surface area contributed by atoms with Crippen LogP contribution in [0.4, 0.5) is 0 Å². The van der Waals surface area contributed by atoms with Crippen molar-refractivity contribution in [3.63, 3.8) is 0 Å². The Hall–Kier alpha value is -1.73. The minimum absolute atomic E-state index is 0.730. The van der Waals surface area contributed by atoms with E-state index in [1.54, 1.807) is 0 Å². The number of furan rings is 1. The molecule has 0 fully saturated rings. The van der Waals surface area contributed by atoms with Crippen LogP contribution in [-0.2, 0) is 0 Å². The van der Waals surface area contributed by atoms with Gasteiger partial charge < -0.3 is 4.42 Å². The van der Waals surface area contributed by atoms with Crippen LogP contribution in [-0.4, -0.2) is 0 Å². The van der Waals surface area contributed by atoms with Gasteiger partial charge in [0.25, 0.3) is 0 Å². The lowest BCUT2D eigenvalue weighted by atomic mass is 10.1. The summed E-state index contributed by atoms with van der Waals surface area (Å²) in [6.07, 6.45) is 0. The van der Waals surface area contributed by atoms with Crippen molar-refractivity contribution < 1.29 is 4.42 Å². The maximum absolute atomic E-state index is 5.93. The molecule has 1 nitrogen and oxygen atoms in total. The third-order valence-electron chi connectivity index (χ3n) is 2.54. The normalized spacial score (nSPS) is 10.8. The lowest BCUT2D eigenvalue weighted by Crippen LogP contribution is -1.69. The fourth-order valence-electron chi connectivity index (χ4n) is 1.76. The molecule has 2 aromatic carbocycles. The van der Waals surface area contributed by atoms with Crippen molar-refractivity contribution in [2.45, 2.75) is 0 Å². The summed E-state index contributed by atoms with van der Waals surface area (Å²) < 4.78 is 5.75. The molecule has 0 aliphatic heterocycles.